The number of hydrogen-bond donors (Lipinski definition) is 1. The van der Waals surface area contributed by atoms with Crippen molar-refractivity contribution in [3.63, 3.8) is 0 Å². The number of carbonyl (C=O) groups excluding carboxylic acids is 1. The molecule has 2 unspecified atom stereocenters. The van der Waals surface area contributed by atoms with Crippen LogP contribution in [0, 0.1) is 16.0 Å². The van der Waals surface area contributed by atoms with Crippen LogP contribution >= 0.6 is 0 Å². The van der Waals surface area contributed by atoms with Gasteiger partial charge in [-0.15, -0.1) is 0 Å². The van der Waals surface area contributed by atoms with E-state index in [-0.39, 0.29) is 23.7 Å². The minimum atomic E-state index is -3.91. The Hall–Kier alpha value is -2.53. The van der Waals surface area contributed by atoms with Crippen LogP contribution in [0.3, 0.4) is 0 Å². The standard InChI is InChI=1S/C16H21N3O7S/c1-11(16(21)22)17(2)15(20)12-4-3-9-18(10-12)27(25,26)14-7-5-13(6-8-14)19(23)24/h5-8,11-12H,3-4,9-10H2,1-2H3,(H,21,22). The number of sulfonamides is 1. The molecule has 1 N–H and O–H groups in total. The Morgan fingerprint density at radius 1 is 1.33 bits per heavy atom. The number of carboxylic acid groups (broad SMARTS) is 1. The van der Waals surface area contributed by atoms with E-state index >= 15 is 0 Å². The van der Waals surface area contributed by atoms with E-state index in [2.05, 4.69) is 0 Å². The fourth-order valence-corrected chi connectivity index (χ4v) is 4.42. The maximum Gasteiger partial charge on any atom is 0.326 e. The van der Waals surface area contributed by atoms with Crippen molar-refractivity contribution in [2.75, 3.05) is 20.1 Å². The Bertz CT molecular complexity index is 838. The molecule has 0 spiro atoms. The molecule has 1 fully saturated rings. The van der Waals surface area contributed by atoms with Gasteiger partial charge in [-0.2, -0.15) is 4.31 Å². The Morgan fingerprint density at radius 2 is 1.93 bits per heavy atom. The highest BCUT2D eigenvalue weighted by atomic mass is 32.2. The highest BCUT2D eigenvalue weighted by Crippen LogP contribution is 2.26. The van der Waals surface area contributed by atoms with Gasteiger partial charge in [0.15, 0.2) is 0 Å². The molecule has 1 aromatic carbocycles. The van der Waals surface area contributed by atoms with Crippen LogP contribution in [0.5, 0.6) is 0 Å². The summed E-state index contributed by atoms with van der Waals surface area (Å²) in [6.45, 7) is 1.55. The molecular weight excluding hydrogens is 378 g/mol. The van der Waals surface area contributed by atoms with E-state index in [1.165, 1.54) is 18.3 Å². The number of aliphatic carboxylic acids is 1. The first-order valence-corrected chi connectivity index (χ1v) is 9.73. The van der Waals surface area contributed by atoms with Crippen molar-refractivity contribution in [2.24, 2.45) is 5.92 Å². The predicted octanol–water partition coefficient (Wildman–Crippen LogP) is 0.927. The molecule has 0 bridgehead atoms. The maximum absolute atomic E-state index is 12.8. The highest BCUT2D eigenvalue weighted by Gasteiger charge is 2.36. The fraction of sp³-hybridized carbons (Fsp3) is 0.500. The molecule has 2 atom stereocenters. The second-order valence-corrected chi connectivity index (χ2v) is 8.35. The summed E-state index contributed by atoms with van der Waals surface area (Å²) < 4.78 is 26.7. The zero-order chi connectivity index (χ0) is 20.4. The van der Waals surface area contributed by atoms with Gasteiger partial charge in [0.05, 0.1) is 15.7 Å². The summed E-state index contributed by atoms with van der Waals surface area (Å²) in [4.78, 5) is 34.7. The number of non-ortho nitro benzene ring substituents is 1. The second kappa shape index (κ2) is 8.01. The van der Waals surface area contributed by atoms with Crippen molar-refractivity contribution in [3.05, 3.63) is 34.4 Å². The number of carboxylic acids is 1. The van der Waals surface area contributed by atoms with Gasteiger partial charge < -0.3 is 10.0 Å². The number of likely N-dealkylation sites (N-methyl/N-ethyl adjacent to an activating group) is 1. The predicted molar refractivity (Wildman–Crippen MR) is 94.4 cm³/mol. The highest BCUT2D eigenvalue weighted by molar-refractivity contribution is 7.89. The molecule has 0 aliphatic carbocycles. The molecular formula is C16H21N3O7S. The molecule has 1 aliphatic rings. The number of piperidine rings is 1. The summed E-state index contributed by atoms with van der Waals surface area (Å²) in [6, 6.07) is 3.54. The van der Waals surface area contributed by atoms with Crippen LogP contribution in [0.2, 0.25) is 0 Å². The summed E-state index contributed by atoms with van der Waals surface area (Å²) in [6.07, 6.45) is 0.916. The second-order valence-electron chi connectivity index (χ2n) is 6.42. The third-order valence-electron chi connectivity index (χ3n) is 4.70. The first-order valence-electron chi connectivity index (χ1n) is 8.29. The molecule has 10 nitrogen and oxygen atoms in total. The first-order chi connectivity index (χ1) is 12.6. The van der Waals surface area contributed by atoms with Gasteiger partial charge in [0.2, 0.25) is 15.9 Å². The van der Waals surface area contributed by atoms with Crippen LogP contribution in [0.25, 0.3) is 0 Å². The minimum Gasteiger partial charge on any atom is -0.480 e. The number of benzene rings is 1. The van der Waals surface area contributed by atoms with E-state index in [9.17, 15) is 28.1 Å². The maximum atomic E-state index is 12.8. The average Bonchev–Trinajstić information content (AvgIpc) is 2.66. The van der Waals surface area contributed by atoms with Gasteiger partial charge in [0, 0.05) is 32.3 Å². The molecule has 11 heteroatoms. The van der Waals surface area contributed by atoms with Crippen LogP contribution in [-0.2, 0) is 19.6 Å². The Kier molecular flexibility index (Phi) is 6.16. The van der Waals surface area contributed by atoms with Crippen molar-refractivity contribution in [1.29, 1.82) is 0 Å². The zero-order valence-corrected chi connectivity index (χ0v) is 15.8. The van der Waals surface area contributed by atoms with Gasteiger partial charge >= 0.3 is 5.97 Å². The summed E-state index contributed by atoms with van der Waals surface area (Å²) in [5.74, 6) is -2.20. The largest absolute Gasteiger partial charge is 0.480 e. The van der Waals surface area contributed by atoms with Crippen LogP contribution in [0.1, 0.15) is 19.8 Å². The van der Waals surface area contributed by atoms with Gasteiger partial charge in [-0.1, -0.05) is 0 Å². The van der Waals surface area contributed by atoms with Crippen molar-refractivity contribution in [1.82, 2.24) is 9.21 Å². The van der Waals surface area contributed by atoms with Gasteiger partial charge in [0.1, 0.15) is 6.04 Å². The quantitative estimate of drug-likeness (QED) is 0.554. The molecule has 27 heavy (non-hydrogen) atoms. The summed E-state index contributed by atoms with van der Waals surface area (Å²) in [5, 5.41) is 19.8. The van der Waals surface area contributed by atoms with Crippen LogP contribution in [0.4, 0.5) is 5.69 Å². The Morgan fingerprint density at radius 3 is 2.44 bits per heavy atom. The molecule has 2 rings (SSSR count). The fourth-order valence-electron chi connectivity index (χ4n) is 2.90. The summed E-state index contributed by atoms with van der Waals surface area (Å²) in [7, 11) is -2.53. The van der Waals surface area contributed by atoms with E-state index in [0.29, 0.717) is 12.8 Å². The van der Waals surface area contributed by atoms with Crippen molar-refractivity contribution in [3.8, 4) is 0 Å². The number of nitrogens with zero attached hydrogens (tertiary/aromatic N) is 3. The molecule has 1 aliphatic heterocycles. The van der Waals surface area contributed by atoms with Crippen molar-refractivity contribution in [2.45, 2.75) is 30.7 Å². The van der Waals surface area contributed by atoms with Crippen LogP contribution < -0.4 is 0 Å². The molecule has 1 heterocycles. The van der Waals surface area contributed by atoms with Gasteiger partial charge in [0.25, 0.3) is 5.69 Å². The topological polar surface area (TPSA) is 138 Å². The van der Waals surface area contributed by atoms with Gasteiger partial charge in [-0.05, 0) is 31.9 Å². The SMILES string of the molecule is CC(C(=O)O)N(C)C(=O)C1CCCN(S(=O)(=O)c2ccc([N+](=O)[O-])cc2)C1. The van der Waals surface area contributed by atoms with E-state index in [4.69, 9.17) is 5.11 Å². The zero-order valence-electron chi connectivity index (χ0n) is 14.9. The third-order valence-corrected chi connectivity index (χ3v) is 6.58. The van der Waals surface area contributed by atoms with Crippen LogP contribution in [0.15, 0.2) is 29.2 Å². The van der Waals surface area contributed by atoms with E-state index in [1.807, 2.05) is 0 Å². The molecule has 0 saturated carbocycles. The number of amides is 1. The number of hydrogen-bond acceptors (Lipinski definition) is 6. The average molecular weight is 399 g/mol. The lowest BCUT2D eigenvalue weighted by atomic mass is 9.97. The lowest BCUT2D eigenvalue weighted by Gasteiger charge is -2.34. The Balaban J connectivity index is 2.17. The number of nitro benzene ring substituents is 1. The van der Waals surface area contributed by atoms with Crippen molar-refractivity contribution < 1.29 is 28.0 Å². The third kappa shape index (κ3) is 4.42. The smallest absolute Gasteiger partial charge is 0.326 e. The number of nitro groups is 1. The molecule has 1 amide bonds. The molecule has 148 valence electrons. The van der Waals surface area contributed by atoms with Gasteiger partial charge in [-0.25, -0.2) is 13.2 Å². The van der Waals surface area contributed by atoms with Gasteiger partial charge in [-0.3, -0.25) is 14.9 Å². The minimum absolute atomic E-state index is 0.0607. The molecule has 0 aromatic heterocycles. The Labute approximate surface area is 156 Å². The monoisotopic (exact) mass is 399 g/mol. The summed E-state index contributed by atoms with van der Waals surface area (Å²) >= 11 is 0. The van der Waals surface area contributed by atoms with E-state index in [0.717, 1.165) is 29.2 Å². The molecule has 1 saturated heterocycles. The lowest BCUT2D eigenvalue weighted by molar-refractivity contribution is -0.384. The number of carbonyl (C=O) groups is 2. The summed E-state index contributed by atoms with van der Waals surface area (Å²) in [5.41, 5.74) is -0.218. The lowest BCUT2D eigenvalue weighted by Crippen LogP contribution is -2.49. The van der Waals surface area contributed by atoms with Crippen molar-refractivity contribution >= 4 is 27.6 Å². The molecule has 1 aromatic rings. The van der Waals surface area contributed by atoms with Crippen LogP contribution in [-0.4, -0.2) is 65.7 Å². The first kappa shape index (κ1) is 20.8. The van der Waals surface area contributed by atoms with E-state index in [1.54, 1.807) is 0 Å². The normalized spacial score (nSPS) is 19.3. The number of rotatable bonds is 6. The van der Waals surface area contributed by atoms with E-state index < -0.39 is 38.8 Å². The molecule has 0 radical (unpaired) electrons.